The molecule has 0 saturated carbocycles. The minimum absolute atomic E-state index is 0.599. The number of rotatable bonds is 7. The van der Waals surface area contributed by atoms with Crippen LogP contribution in [0.25, 0.3) is 0 Å². The van der Waals surface area contributed by atoms with Crippen LogP contribution in [0.3, 0.4) is 0 Å². The van der Waals surface area contributed by atoms with Crippen molar-refractivity contribution in [3.8, 4) is 0 Å². The highest BCUT2D eigenvalue weighted by Crippen LogP contribution is 2.28. The molecule has 1 aromatic carbocycles. The van der Waals surface area contributed by atoms with Gasteiger partial charge >= 0.3 is 0 Å². The van der Waals surface area contributed by atoms with Crippen molar-refractivity contribution >= 4 is 27.7 Å². The van der Waals surface area contributed by atoms with E-state index >= 15 is 0 Å². The SMILES string of the molecule is CCC(C)CC(CSc1ccccc1Br)NC. The number of benzene rings is 1. The van der Waals surface area contributed by atoms with Gasteiger partial charge in [-0.25, -0.2) is 0 Å². The van der Waals surface area contributed by atoms with Crippen LogP contribution in [0.5, 0.6) is 0 Å². The van der Waals surface area contributed by atoms with Crippen LogP contribution in [0.2, 0.25) is 0 Å². The lowest BCUT2D eigenvalue weighted by molar-refractivity contribution is 0.436. The van der Waals surface area contributed by atoms with Gasteiger partial charge < -0.3 is 5.32 Å². The van der Waals surface area contributed by atoms with Gasteiger partial charge in [-0.3, -0.25) is 0 Å². The Morgan fingerprint density at radius 2 is 2.06 bits per heavy atom. The lowest BCUT2D eigenvalue weighted by Crippen LogP contribution is -2.29. The fourth-order valence-corrected chi connectivity index (χ4v) is 3.37. The zero-order chi connectivity index (χ0) is 12.7. The lowest BCUT2D eigenvalue weighted by Gasteiger charge is -2.19. The van der Waals surface area contributed by atoms with Gasteiger partial charge in [0.15, 0.2) is 0 Å². The first-order valence-corrected chi connectivity index (χ1v) is 7.99. The van der Waals surface area contributed by atoms with E-state index in [1.54, 1.807) is 0 Å². The predicted octanol–water partition coefficient (Wildman–Crippen LogP) is 4.57. The Labute approximate surface area is 118 Å². The Bertz CT molecular complexity index is 330. The highest BCUT2D eigenvalue weighted by molar-refractivity contribution is 9.10. The molecule has 96 valence electrons. The summed E-state index contributed by atoms with van der Waals surface area (Å²) in [6.07, 6.45) is 2.52. The first-order valence-electron chi connectivity index (χ1n) is 6.22. The highest BCUT2D eigenvalue weighted by atomic mass is 79.9. The molecule has 0 amide bonds. The van der Waals surface area contributed by atoms with Crippen LogP contribution < -0.4 is 5.32 Å². The van der Waals surface area contributed by atoms with Crippen LogP contribution in [-0.4, -0.2) is 18.8 Å². The largest absolute Gasteiger partial charge is 0.316 e. The minimum Gasteiger partial charge on any atom is -0.316 e. The van der Waals surface area contributed by atoms with Crippen molar-refractivity contribution in [1.82, 2.24) is 5.32 Å². The van der Waals surface area contributed by atoms with Crippen LogP contribution in [0, 0.1) is 5.92 Å². The Kier molecular flexibility index (Phi) is 7.24. The van der Waals surface area contributed by atoms with Crippen molar-refractivity contribution in [2.75, 3.05) is 12.8 Å². The number of hydrogen-bond acceptors (Lipinski definition) is 2. The lowest BCUT2D eigenvalue weighted by atomic mass is 10.0. The molecule has 0 aliphatic rings. The summed E-state index contributed by atoms with van der Waals surface area (Å²) in [6.45, 7) is 4.59. The molecule has 3 heteroatoms. The smallest absolute Gasteiger partial charge is 0.0311 e. The van der Waals surface area contributed by atoms with Gasteiger partial charge in [0, 0.05) is 21.2 Å². The molecule has 1 rings (SSSR count). The first-order chi connectivity index (χ1) is 8.17. The molecule has 0 aromatic heterocycles. The third-order valence-corrected chi connectivity index (χ3v) is 5.26. The minimum atomic E-state index is 0.599. The normalized spacial score (nSPS) is 14.6. The molecule has 1 aromatic rings. The average Bonchev–Trinajstić information content (AvgIpc) is 2.35. The number of thioether (sulfide) groups is 1. The van der Waals surface area contributed by atoms with Gasteiger partial charge in [-0.05, 0) is 47.4 Å². The van der Waals surface area contributed by atoms with Gasteiger partial charge in [-0.1, -0.05) is 32.4 Å². The molecule has 17 heavy (non-hydrogen) atoms. The summed E-state index contributed by atoms with van der Waals surface area (Å²) in [5, 5.41) is 3.42. The third kappa shape index (κ3) is 5.45. The van der Waals surface area contributed by atoms with E-state index in [-0.39, 0.29) is 0 Å². The molecule has 0 aliphatic heterocycles. The monoisotopic (exact) mass is 315 g/mol. The van der Waals surface area contributed by atoms with E-state index in [0.717, 1.165) is 11.7 Å². The van der Waals surface area contributed by atoms with E-state index in [1.165, 1.54) is 22.2 Å². The topological polar surface area (TPSA) is 12.0 Å². The van der Waals surface area contributed by atoms with E-state index in [2.05, 4.69) is 66.4 Å². The van der Waals surface area contributed by atoms with Gasteiger partial charge in [0.05, 0.1) is 0 Å². The maximum absolute atomic E-state index is 3.59. The average molecular weight is 316 g/mol. The van der Waals surface area contributed by atoms with Gasteiger partial charge in [-0.15, -0.1) is 11.8 Å². The zero-order valence-corrected chi connectivity index (χ0v) is 13.3. The molecule has 1 nitrogen and oxygen atoms in total. The second-order valence-electron chi connectivity index (χ2n) is 4.48. The Morgan fingerprint density at radius 3 is 2.65 bits per heavy atom. The Hall–Kier alpha value is 0.01000. The fourth-order valence-electron chi connectivity index (χ4n) is 1.67. The van der Waals surface area contributed by atoms with Crippen LogP contribution in [-0.2, 0) is 0 Å². The standard InChI is InChI=1S/C14H22BrNS/c1-4-11(2)9-12(16-3)10-17-14-8-6-5-7-13(14)15/h5-8,11-12,16H,4,9-10H2,1-3H3. The van der Waals surface area contributed by atoms with E-state index < -0.39 is 0 Å². The molecule has 0 saturated heterocycles. The summed E-state index contributed by atoms with van der Waals surface area (Å²) >= 11 is 5.51. The summed E-state index contributed by atoms with van der Waals surface area (Å²) < 4.78 is 1.20. The maximum atomic E-state index is 3.59. The van der Waals surface area contributed by atoms with Crippen LogP contribution >= 0.6 is 27.7 Å². The third-order valence-electron chi connectivity index (χ3n) is 3.07. The molecule has 0 bridgehead atoms. The molecular weight excluding hydrogens is 294 g/mol. The summed E-state index contributed by atoms with van der Waals surface area (Å²) in [5.41, 5.74) is 0. The van der Waals surface area contributed by atoms with Crippen molar-refractivity contribution in [2.24, 2.45) is 5.92 Å². The van der Waals surface area contributed by atoms with Gasteiger partial charge in [0.1, 0.15) is 0 Å². The molecule has 1 N–H and O–H groups in total. The quantitative estimate of drug-likeness (QED) is 0.740. The number of hydrogen-bond donors (Lipinski definition) is 1. The zero-order valence-electron chi connectivity index (χ0n) is 10.9. The molecule has 0 spiro atoms. The molecule has 0 fully saturated rings. The van der Waals surface area contributed by atoms with E-state index in [0.29, 0.717) is 6.04 Å². The number of nitrogens with one attached hydrogen (secondary N) is 1. The molecule has 2 unspecified atom stereocenters. The Balaban J connectivity index is 2.45. The van der Waals surface area contributed by atoms with Crippen molar-refractivity contribution in [2.45, 2.75) is 37.6 Å². The fraction of sp³-hybridized carbons (Fsp3) is 0.571. The van der Waals surface area contributed by atoms with Crippen molar-refractivity contribution in [1.29, 1.82) is 0 Å². The second-order valence-corrected chi connectivity index (χ2v) is 6.39. The number of halogens is 1. The summed E-state index contributed by atoms with van der Waals surface area (Å²) in [6, 6.07) is 9.02. The van der Waals surface area contributed by atoms with E-state index in [1.807, 2.05) is 11.8 Å². The molecule has 2 atom stereocenters. The molecule has 0 radical (unpaired) electrons. The maximum Gasteiger partial charge on any atom is 0.0311 e. The highest BCUT2D eigenvalue weighted by Gasteiger charge is 2.11. The van der Waals surface area contributed by atoms with Gasteiger partial charge in [0.25, 0.3) is 0 Å². The van der Waals surface area contributed by atoms with Crippen molar-refractivity contribution in [3.05, 3.63) is 28.7 Å². The summed E-state index contributed by atoms with van der Waals surface area (Å²) in [4.78, 5) is 1.33. The van der Waals surface area contributed by atoms with Gasteiger partial charge in [0.2, 0.25) is 0 Å². The molecular formula is C14H22BrNS. The van der Waals surface area contributed by atoms with Gasteiger partial charge in [-0.2, -0.15) is 0 Å². The summed E-state index contributed by atoms with van der Waals surface area (Å²) in [7, 11) is 2.06. The summed E-state index contributed by atoms with van der Waals surface area (Å²) in [5.74, 6) is 1.93. The Morgan fingerprint density at radius 1 is 1.35 bits per heavy atom. The van der Waals surface area contributed by atoms with E-state index in [4.69, 9.17) is 0 Å². The predicted molar refractivity (Wildman–Crippen MR) is 81.8 cm³/mol. The van der Waals surface area contributed by atoms with Crippen LogP contribution in [0.1, 0.15) is 26.7 Å². The van der Waals surface area contributed by atoms with Crippen LogP contribution in [0.4, 0.5) is 0 Å². The molecule has 0 heterocycles. The van der Waals surface area contributed by atoms with Crippen LogP contribution in [0.15, 0.2) is 33.6 Å². The molecule has 0 aliphatic carbocycles. The van der Waals surface area contributed by atoms with E-state index in [9.17, 15) is 0 Å². The van der Waals surface area contributed by atoms with Crippen molar-refractivity contribution < 1.29 is 0 Å². The first kappa shape index (κ1) is 15.1. The second kappa shape index (κ2) is 8.17. The van der Waals surface area contributed by atoms with Crippen molar-refractivity contribution in [3.63, 3.8) is 0 Å².